The summed E-state index contributed by atoms with van der Waals surface area (Å²) in [6, 6.07) is 0.0905. The number of hydrogen-bond acceptors (Lipinski definition) is 4. The summed E-state index contributed by atoms with van der Waals surface area (Å²) in [6.45, 7) is 8.90. The third-order valence-corrected chi connectivity index (χ3v) is 3.90. The number of halogens is 1. The highest BCUT2D eigenvalue weighted by Crippen LogP contribution is 2.16. The summed E-state index contributed by atoms with van der Waals surface area (Å²) in [5.74, 6) is -0.0861. The number of aromatic nitrogens is 2. The summed E-state index contributed by atoms with van der Waals surface area (Å²) in [4.78, 5) is 14.6. The molecule has 2 rings (SSSR count). The van der Waals surface area contributed by atoms with Gasteiger partial charge in [0.05, 0.1) is 23.9 Å². The van der Waals surface area contributed by atoms with Crippen molar-refractivity contribution in [3.05, 3.63) is 16.4 Å². The van der Waals surface area contributed by atoms with Crippen LogP contribution in [-0.4, -0.2) is 59.5 Å². The minimum atomic E-state index is -0.0861. The SMILES string of the molecule is CCn1ncc(Br)c1C(=O)N[C@H](C)CN1CCOCC1. The van der Waals surface area contributed by atoms with Crippen molar-refractivity contribution < 1.29 is 9.53 Å². The Morgan fingerprint density at radius 3 is 2.90 bits per heavy atom. The summed E-state index contributed by atoms with van der Waals surface area (Å²) >= 11 is 3.38. The lowest BCUT2D eigenvalue weighted by Crippen LogP contribution is -2.46. The van der Waals surface area contributed by atoms with Crippen molar-refractivity contribution in [2.24, 2.45) is 0 Å². The van der Waals surface area contributed by atoms with Gasteiger partial charge in [0.15, 0.2) is 0 Å². The second-order valence-electron chi connectivity index (χ2n) is 4.94. The summed E-state index contributed by atoms with van der Waals surface area (Å²) in [5.41, 5.74) is 0.585. The zero-order chi connectivity index (χ0) is 14.5. The monoisotopic (exact) mass is 344 g/mol. The third kappa shape index (κ3) is 3.80. The van der Waals surface area contributed by atoms with Crippen LogP contribution < -0.4 is 5.32 Å². The summed E-state index contributed by atoms with van der Waals surface area (Å²) < 4.78 is 7.75. The highest BCUT2D eigenvalue weighted by atomic mass is 79.9. The van der Waals surface area contributed by atoms with E-state index in [4.69, 9.17) is 4.74 Å². The van der Waals surface area contributed by atoms with Gasteiger partial charge in [-0.2, -0.15) is 5.10 Å². The van der Waals surface area contributed by atoms with Crippen molar-refractivity contribution in [3.8, 4) is 0 Å². The number of nitrogens with zero attached hydrogens (tertiary/aromatic N) is 3. The van der Waals surface area contributed by atoms with Crippen LogP contribution in [0, 0.1) is 0 Å². The number of hydrogen-bond donors (Lipinski definition) is 1. The van der Waals surface area contributed by atoms with Crippen molar-refractivity contribution in [2.45, 2.75) is 26.4 Å². The Hall–Kier alpha value is -0.920. The number of amides is 1. The van der Waals surface area contributed by atoms with Crippen LogP contribution in [0.15, 0.2) is 10.7 Å². The lowest BCUT2D eigenvalue weighted by atomic mass is 10.2. The van der Waals surface area contributed by atoms with Gasteiger partial charge >= 0.3 is 0 Å². The van der Waals surface area contributed by atoms with Crippen molar-refractivity contribution in [2.75, 3.05) is 32.8 Å². The van der Waals surface area contributed by atoms with Gasteiger partial charge in [0.1, 0.15) is 5.69 Å². The summed E-state index contributed by atoms with van der Waals surface area (Å²) in [5, 5.41) is 7.19. The maximum Gasteiger partial charge on any atom is 0.270 e. The number of morpholine rings is 1. The Labute approximate surface area is 127 Å². The molecule has 1 aliphatic rings. The molecule has 1 aliphatic heterocycles. The fraction of sp³-hybridized carbons (Fsp3) is 0.692. The zero-order valence-electron chi connectivity index (χ0n) is 11.9. The van der Waals surface area contributed by atoms with E-state index in [-0.39, 0.29) is 11.9 Å². The molecular weight excluding hydrogens is 324 g/mol. The number of rotatable bonds is 5. The summed E-state index contributed by atoms with van der Waals surface area (Å²) in [6.07, 6.45) is 1.66. The lowest BCUT2D eigenvalue weighted by Gasteiger charge is -2.29. The molecule has 1 N–H and O–H groups in total. The standard InChI is InChI=1S/C13H21BrN4O2/c1-3-18-12(11(14)8-15-18)13(19)16-10(2)9-17-4-6-20-7-5-17/h8,10H,3-7,9H2,1-2H3,(H,16,19)/t10-/m1/s1. The highest BCUT2D eigenvalue weighted by Gasteiger charge is 2.20. The minimum absolute atomic E-state index is 0.0861. The molecule has 0 unspecified atom stereocenters. The average Bonchev–Trinajstić information content (AvgIpc) is 2.80. The molecule has 6 nitrogen and oxygen atoms in total. The molecule has 0 aliphatic carbocycles. The van der Waals surface area contributed by atoms with E-state index in [1.807, 2.05) is 13.8 Å². The number of carbonyl (C=O) groups is 1. The van der Waals surface area contributed by atoms with Crippen LogP contribution in [0.25, 0.3) is 0 Å². The maximum atomic E-state index is 12.3. The Balaban J connectivity index is 1.91. The van der Waals surface area contributed by atoms with E-state index in [0.717, 1.165) is 37.3 Å². The van der Waals surface area contributed by atoms with Crippen LogP contribution in [0.4, 0.5) is 0 Å². The van der Waals surface area contributed by atoms with Gasteiger partial charge < -0.3 is 10.1 Å². The maximum absolute atomic E-state index is 12.3. The molecule has 1 atom stereocenters. The number of carbonyl (C=O) groups excluding carboxylic acids is 1. The van der Waals surface area contributed by atoms with Gasteiger partial charge in [-0.3, -0.25) is 14.4 Å². The number of ether oxygens (including phenoxy) is 1. The Morgan fingerprint density at radius 1 is 1.55 bits per heavy atom. The first-order chi connectivity index (χ1) is 9.61. The zero-order valence-corrected chi connectivity index (χ0v) is 13.5. The van der Waals surface area contributed by atoms with Gasteiger partial charge in [-0.15, -0.1) is 0 Å². The second kappa shape index (κ2) is 7.19. The minimum Gasteiger partial charge on any atom is -0.379 e. The third-order valence-electron chi connectivity index (χ3n) is 3.32. The molecule has 0 spiro atoms. The molecule has 1 aromatic heterocycles. The van der Waals surface area contributed by atoms with E-state index in [1.54, 1.807) is 10.9 Å². The second-order valence-corrected chi connectivity index (χ2v) is 5.80. The predicted molar refractivity (Wildman–Crippen MR) is 79.8 cm³/mol. The van der Waals surface area contributed by atoms with E-state index in [9.17, 15) is 4.79 Å². The van der Waals surface area contributed by atoms with Gasteiger partial charge in [0.25, 0.3) is 5.91 Å². The van der Waals surface area contributed by atoms with E-state index in [0.29, 0.717) is 12.2 Å². The molecule has 1 fully saturated rings. The topological polar surface area (TPSA) is 59.4 Å². The molecule has 2 heterocycles. The van der Waals surface area contributed by atoms with Crippen molar-refractivity contribution in [1.29, 1.82) is 0 Å². The van der Waals surface area contributed by atoms with Gasteiger partial charge in [-0.05, 0) is 29.8 Å². The van der Waals surface area contributed by atoms with Crippen LogP contribution in [0.1, 0.15) is 24.3 Å². The number of nitrogens with one attached hydrogen (secondary N) is 1. The van der Waals surface area contributed by atoms with Crippen LogP contribution in [0.2, 0.25) is 0 Å². The molecule has 0 bridgehead atoms. The van der Waals surface area contributed by atoms with Crippen molar-refractivity contribution >= 4 is 21.8 Å². The lowest BCUT2D eigenvalue weighted by molar-refractivity contribution is 0.0342. The molecule has 0 radical (unpaired) electrons. The molecule has 1 amide bonds. The normalized spacial score (nSPS) is 17.9. The van der Waals surface area contributed by atoms with Crippen LogP contribution in [-0.2, 0) is 11.3 Å². The quantitative estimate of drug-likeness (QED) is 0.869. The first-order valence-electron chi connectivity index (χ1n) is 6.94. The van der Waals surface area contributed by atoms with E-state index >= 15 is 0 Å². The highest BCUT2D eigenvalue weighted by molar-refractivity contribution is 9.10. The number of aryl methyl sites for hydroxylation is 1. The van der Waals surface area contributed by atoms with Crippen LogP contribution in [0.3, 0.4) is 0 Å². The Kier molecular flexibility index (Phi) is 5.56. The molecule has 0 saturated carbocycles. The van der Waals surface area contributed by atoms with E-state index < -0.39 is 0 Å². The van der Waals surface area contributed by atoms with Gasteiger partial charge in [0, 0.05) is 32.2 Å². The van der Waals surface area contributed by atoms with E-state index in [2.05, 4.69) is 31.2 Å². The largest absolute Gasteiger partial charge is 0.379 e. The fourth-order valence-corrected chi connectivity index (χ4v) is 2.81. The molecular formula is C13H21BrN4O2. The summed E-state index contributed by atoms with van der Waals surface area (Å²) in [7, 11) is 0. The molecule has 1 aromatic rings. The van der Waals surface area contributed by atoms with Crippen molar-refractivity contribution in [3.63, 3.8) is 0 Å². The van der Waals surface area contributed by atoms with Crippen LogP contribution >= 0.6 is 15.9 Å². The van der Waals surface area contributed by atoms with Crippen LogP contribution in [0.5, 0.6) is 0 Å². The first kappa shape index (κ1) is 15.5. The molecule has 112 valence electrons. The van der Waals surface area contributed by atoms with Gasteiger partial charge in [-0.25, -0.2) is 0 Å². The molecule has 7 heteroatoms. The van der Waals surface area contributed by atoms with Gasteiger partial charge in [0.2, 0.25) is 0 Å². The Morgan fingerprint density at radius 2 is 2.25 bits per heavy atom. The fourth-order valence-electron chi connectivity index (χ4n) is 2.34. The average molecular weight is 345 g/mol. The molecule has 1 saturated heterocycles. The predicted octanol–water partition coefficient (Wildman–Crippen LogP) is 1.12. The molecule has 0 aromatic carbocycles. The Bertz CT molecular complexity index is 457. The first-order valence-corrected chi connectivity index (χ1v) is 7.73. The van der Waals surface area contributed by atoms with Gasteiger partial charge in [-0.1, -0.05) is 0 Å². The smallest absolute Gasteiger partial charge is 0.270 e. The van der Waals surface area contributed by atoms with E-state index in [1.165, 1.54) is 0 Å². The molecule has 20 heavy (non-hydrogen) atoms. The van der Waals surface area contributed by atoms with Crippen molar-refractivity contribution in [1.82, 2.24) is 20.0 Å².